The number of carbonyl (C=O) groups is 1. The number of aromatic nitrogens is 2. The van der Waals surface area contributed by atoms with Crippen LogP contribution in [0, 0.1) is 18.6 Å². The number of anilines is 1. The number of carboxylic acids is 1. The number of hydrogen-bond acceptors (Lipinski definition) is 4. The molecular weight excluding hydrogens is 308 g/mol. The van der Waals surface area contributed by atoms with Crippen LogP contribution in [-0.2, 0) is 10.0 Å². The molecule has 0 aliphatic carbocycles. The zero-order valence-corrected chi connectivity index (χ0v) is 11.3. The van der Waals surface area contributed by atoms with Gasteiger partial charge in [-0.1, -0.05) is 0 Å². The molecule has 0 saturated carbocycles. The molecule has 1 aromatic heterocycles. The number of nitrogens with one attached hydrogen (secondary N) is 2. The molecule has 0 fully saturated rings. The molecule has 0 unspecified atom stereocenters. The van der Waals surface area contributed by atoms with Crippen molar-refractivity contribution < 1.29 is 27.1 Å². The Morgan fingerprint density at radius 2 is 2.00 bits per heavy atom. The fraction of sp³-hybridized carbons (Fsp3) is 0.0909. The van der Waals surface area contributed by atoms with Gasteiger partial charge in [-0.15, -0.1) is 0 Å². The summed E-state index contributed by atoms with van der Waals surface area (Å²) in [5.41, 5.74) is -1.53. The number of aromatic carboxylic acids is 1. The second kappa shape index (κ2) is 5.13. The Balaban J connectivity index is 2.44. The van der Waals surface area contributed by atoms with E-state index in [0.717, 1.165) is 6.20 Å². The molecule has 1 heterocycles. The van der Waals surface area contributed by atoms with Crippen molar-refractivity contribution in [3.63, 3.8) is 0 Å². The van der Waals surface area contributed by atoms with Crippen LogP contribution < -0.4 is 4.72 Å². The van der Waals surface area contributed by atoms with Crippen molar-refractivity contribution in [1.82, 2.24) is 9.97 Å². The Labute approximate surface area is 117 Å². The number of H-pyrrole nitrogens is 1. The highest BCUT2D eigenvalue weighted by molar-refractivity contribution is 7.92. The maximum absolute atomic E-state index is 13.6. The molecule has 112 valence electrons. The zero-order chi connectivity index (χ0) is 15.8. The van der Waals surface area contributed by atoms with Gasteiger partial charge < -0.3 is 10.1 Å². The van der Waals surface area contributed by atoms with Gasteiger partial charge in [0.15, 0.2) is 5.03 Å². The zero-order valence-electron chi connectivity index (χ0n) is 10.5. The van der Waals surface area contributed by atoms with Crippen molar-refractivity contribution in [2.75, 3.05) is 4.72 Å². The second-order valence-corrected chi connectivity index (χ2v) is 5.71. The summed E-state index contributed by atoms with van der Waals surface area (Å²) in [7, 11) is -4.19. The molecule has 7 nitrogen and oxygen atoms in total. The highest BCUT2D eigenvalue weighted by Crippen LogP contribution is 2.22. The standard InChI is InChI=1S/C11H9F2N3O4S/c1-5-14-4-10(15-5)21(19,20)16-9-2-6(11(17)18)7(12)3-8(9)13/h2-4,16H,1H3,(H,14,15)(H,17,18). The highest BCUT2D eigenvalue weighted by atomic mass is 32.2. The number of sulfonamides is 1. The Hall–Kier alpha value is -2.49. The molecule has 0 spiro atoms. The summed E-state index contributed by atoms with van der Waals surface area (Å²) >= 11 is 0. The normalized spacial score (nSPS) is 11.4. The Morgan fingerprint density at radius 1 is 1.33 bits per heavy atom. The first-order chi connectivity index (χ1) is 9.70. The molecule has 2 rings (SSSR count). The van der Waals surface area contributed by atoms with Crippen LogP contribution in [0.1, 0.15) is 16.2 Å². The van der Waals surface area contributed by atoms with Crippen molar-refractivity contribution in [3.05, 3.63) is 41.4 Å². The molecule has 0 bridgehead atoms. The maximum Gasteiger partial charge on any atom is 0.338 e. The minimum Gasteiger partial charge on any atom is -0.478 e. The first-order valence-electron chi connectivity index (χ1n) is 5.47. The van der Waals surface area contributed by atoms with Gasteiger partial charge in [0, 0.05) is 6.07 Å². The summed E-state index contributed by atoms with van der Waals surface area (Å²) in [5.74, 6) is -3.87. The van der Waals surface area contributed by atoms with Crippen molar-refractivity contribution in [2.24, 2.45) is 0 Å². The van der Waals surface area contributed by atoms with Crippen LogP contribution in [0.25, 0.3) is 0 Å². The lowest BCUT2D eigenvalue weighted by atomic mass is 10.2. The largest absolute Gasteiger partial charge is 0.478 e. The van der Waals surface area contributed by atoms with Gasteiger partial charge in [0.25, 0.3) is 10.0 Å². The molecule has 0 radical (unpaired) electrons. The number of benzene rings is 1. The number of aromatic amines is 1. The third kappa shape index (κ3) is 2.99. The summed E-state index contributed by atoms with van der Waals surface area (Å²) in [6.07, 6.45) is 1.01. The van der Waals surface area contributed by atoms with E-state index in [4.69, 9.17) is 5.11 Å². The topological polar surface area (TPSA) is 112 Å². The van der Waals surface area contributed by atoms with E-state index in [1.165, 1.54) is 6.92 Å². The Morgan fingerprint density at radius 3 is 2.52 bits per heavy atom. The molecule has 1 aromatic carbocycles. The molecule has 3 N–H and O–H groups in total. The first-order valence-corrected chi connectivity index (χ1v) is 6.96. The molecular formula is C11H9F2N3O4S. The molecule has 21 heavy (non-hydrogen) atoms. The van der Waals surface area contributed by atoms with Gasteiger partial charge in [0.1, 0.15) is 17.5 Å². The minimum absolute atomic E-state index is 0.291. The summed E-state index contributed by atoms with van der Waals surface area (Å²) in [5, 5.41) is 8.41. The van der Waals surface area contributed by atoms with Crippen molar-refractivity contribution in [1.29, 1.82) is 0 Å². The predicted octanol–water partition coefficient (Wildman–Crippen LogP) is 1.50. The molecule has 0 saturated heterocycles. The van der Waals surface area contributed by atoms with Crippen LogP contribution in [0.5, 0.6) is 0 Å². The van der Waals surface area contributed by atoms with Gasteiger partial charge in [-0.2, -0.15) is 8.42 Å². The smallest absolute Gasteiger partial charge is 0.338 e. The van der Waals surface area contributed by atoms with Crippen LogP contribution >= 0.6 is 0 Å². The van der Waals surface area contributed by atoms with Gasteiger partial charge in [0.2, 0.25) is 0 Å². The number of aryl methyl sites for hydroxylation is 1. The molecule has 0 aliphatic heterocycles. The number of imidazole rings is 1. The van der Waals surface area contributed by atoms with Crippen LogP contribution in [-0.4, -0.2) is 29.5 Å². The van der Waals surface area contributed by atoms with Gasteiger partial charge in [0.05, 0.1) is 17.4 Å². The summed E-state index contributed by atoms with van der Waals surface area (Å²) in [6, 6.07) is 0.854. The van der Waals surface area contributed by atoms with E-state index >= 15 is 0 Å². The van der Waals surface area contributed by atoms with E-state index in [9.17, 15) is 22.0 Å². The van der Waals surface area contributed by atoms with E-state index in [1.807, 2.05) is 4.72 Å². The van der Waals surface area contributed by atoms with E-state index in [0.29, 0.717) is 18.0 Å². The van der Waals surface area contributed by atoms with Gasteiger partial charge in [-0.3, -0.25) is 4.72 Å². The van der Waals surface area contributed by atoms with Crippen molar-refractivity contribution in [2.45, 2.75) is 11.9 Å². The van der Waals surface area contributed by atoms with E-state index < -0.39 is 38.9 Å². The van der Waals surface area contributed by atoms with Gasteiger partial charge >= 0.3 is 5.97 Å². The van der Waals surface area contributed by atoms with Gasteiger partial charge in [-0.25, -0.2) is 18.6 Å². The van der Waals surface area contributed by atoms with Crippen molar-refractivity contribution >= 4 is 21.7 Å². The lowest BCUT2D eigenvalue weighted by molar-refractivity contribution is 0.0692. The fourth-order valence-electron chi connectivity index (χ4n) is 1.53. The monoisotopic (exact) mass is 317 g/mol. The quantitative estimate of drug-likeness (QED) is 0.791. The Kier molecular flexibility index (Phi) is 3.64. The fourth-order valence-corrected chi connectivity index (χ4v) is 2.56. The number of carboxylic acid groups (broad SMARTS) is 1. The summed E-state index contributed by atoms with van der Waals surface area (Å²) in [4.78, 5) is 16.9. The molecule has 0 amide bonds. The number of nitrogens with zero attached hydrogens (tertiary/aromatic N) is 1. The van der Waals surface area contributed by atoms with E-state index in [2.05, 4.69) is 9.97 Å². The number of hydrogen-bond donors (Lipinski definition) is 3. The van der Waals surface area contributed by atoms with Crippen LogP contribution in [0.4, 0.5) is 14.5 Å². The molecule has 0 aliphatic rings. The summed E-state index contributed by atoms with van der Waals surface area (Å²) < 4.78 is 52.5. The average molecular weight is 317 g/mol. The summed E-state index contributed by atoms with van der Waals surface area (Å²) in [6.45, 7) is 1.51. The van der Waals surface area contributed by atoms with Crippen LogP contribution in [0.2, 0.25) is 0 Å². The predicted molar refractivity (Wildman–Crippen MR) is 67.5 cm³/mol. The average Bonchev–Trinajstić information content (AvgIpc) is 2.79. The lowest BCUT2D eigenvalue weighted by Gasteiger charge is -2.08. The van der Waals surface area contributed by atoms with Crippen molar-refractivity contribution in [3.8, 4) is 0 Å². The minimum atomic E-state index is -4.19. The molecule has 2 aromatic rings. The van der Waals surface area contributed by atoms with Crippen LogP contribution in [0.3, 0.4) is 0 Å². The van der Waals surface area contributed by atoms with Gasteiger partial charge in [-0.05, 0) is 13.0 Å². The maximum atomic E-state index is 13.6. The number of rotatable bonds is 4. The first kappa shape index (κ1) is 14.9. The van der Waals surface area contributed by atoms with E-state index in [1.54, 1.807) is 0 Å². The third-order valence-corrected chi connectivity index (χ3v) is 3.78. The third-order valence-electron chi connectivity index (χ3n) is 2.50. The van der Waals surface area contributed by atoms with Crippen LogP contribution in [0.15, 0.2) is 23.4 Å². The highest BCUT2D eigenvalue weighted by Gasteiger charge is 2.21. The lowest BCUT2D eigenvalue weighted by Crippen LogP contribution is -2.15. The molecule has 10 heteroatoms. The van der Waals surface area contributed by atoms with E-state index in [-0.39, 0.29) is 5.03 Å². The molecule has 0 atom stereocenters. The second-order valence-electron chi connectivity index (χ2n) is 4.06. The number of halogens is 2. The Bertz CT molecular complexity index is 817. The SMILES string of the molecule is Cc1ncc(S(=O)(=O)Nc2cc(C(=O)O)c(F)cc2F)[nH]1.